The van der Waals surface area contributed by atoms with Crippen LogP contribution in [0.4, 0.5) is 4.39 Å². The lowest BCUT2D eigenvalue weighted by atomic mass is 10.0. The van der Waals surface area contributed by atoms with Crippen LogP contribution in [0.15, 0.2) is 54.6 Å². The summed E-state index contributed by atoms with van der Waals surface area (Å²) in [5.41, 5.74) is 1.55. The minimum absolute atomic E-state index is 0.00630. The van der Waals surface area contributed by atoms with Crippen molar-refractivity contribution in [1.29, 1.82) is 0 Å². The third kappa shape index (κ3) is 4.44. The summed E-state index contributed by atoms with van der Waals surface area (Å²) in [5.74, 6) is -0.580. The quantitative estimate of drug-likeness (QED) is 0.910. The van der Waals surface area contributed by atoms with E-state index >= 15 is 0 Å². The summed E-state index contributed by atoms with van der Waals surface area (Å²) in [4.78, 5) is 26.4. The second kappa shape index (κ2) is 7.92. The Morgan fingerprint density at radius 3 is 2.52 bits per heavy atom. The average molecular weight is 340 g/mol. The largest absolute Gasteiger partial charge is 0.343 e. The monoisotopic (exact) mass is 340 g/mol. The van der Waals surface area contributed by atoms with E-state index in [0.717, 1.165) is 18.4 Å². The number of carbonyl (C=O) groups is 2. The zero-order chi connectivity index (χ0) is 17.6. The van der Waals surface area contributed by atoms with Crippen molar-refractivity contribution in [2.75, 3.05) is 13.1 Å². The van der Waals surface area contributed by atoms with Crippen LogP contribution in [0.25, 0.3) is 0 Å². The first-order valence-corrected chi connectivity index (χ1v) is 8.50. The molecule has 5 heteroatoms. The first-order chi connectivity index (χ1) is 12.1. The fourth-order valence-electron chi connectivity index (χ4n) is 3.22. The maximum Gasteiger partial charge on any atom is 0.251 e. The Labute approximate surface area is 146 Å². The lowest BCUT2D eigenvalue weighted by molar-refractivity contribution is -0.130. The van der Waals surface area contributed by atoms with Crippen molar-refractivity contribution in [2.45, 2.75) is 25.3 Å². The number of nitrogens with one attached hydrogen (secondary N) is 1. The number of benzene rings is 2. The van der Waals surface area contributed by atoms with Gasteiger partial charge < -0.3 is 10.2 Å². The maximum absolute atomic E-state index is 13.0. The van der Waals surface area contributed by atoms with Crippen molar-refractivity contribution >= 4 is 11.8 Å². The molecule has 1 aliphatic rings. The van der Waals surface area contributed by atoms with Crippen molar-refractivity contribution in [2.24, 2.45) is 0 Å². The van der Waals surface area contributed by atoms with Gasteiger partial charge in [-0.15, -0.1) is 0 Å². The van der Waals surface area contributed by atoms with Crippen molar-refractivity contribution in [3.8, 4) is 0 Å². The van der Waals surface area contributed by atoms with E-state index in [1.165, 1.54) is 12.1 Å². The topological polar surface area (TPSA) is 49.4 Å². The van der Waals surface area contributed by atoms with Gasteiger partial charge in [-0.25, -0.2) is 4.39 Å². The van der Waals surface area contributed by atoms with Gasteiger partial charge in [-0.05, 0) is 49.1 Å². The Balaban J connectivity index is 1.55. The fraction of sp³-hybridized carbons (Fsp3) is 0.300. The van der Waals surface area contributed by atoms with Crippen LogP contribution in [0.3, 0.4) is 0 Å². The molecule has 0 spiro atoms. The number of amides is 2. The summed E-state index contributed by atoms with van der Waals surface area (Å²) in [7, 11) is 0. The molecule has 0 radical (unpaired) electrons. The van der Waals surface area contributed by atoms with Gasteiger partial charge in [0.1, 0.15) is 5.82 Å². The van der Waals surface area contributed by atoms with Crippen molar-refractivity contribution in [3.63, 3.8) is 0 Å². The predicted molar refractivity (Wildman–Crippen MR) is 93.6 cm³/mol. The molecule has 0 unspecified atom stereocenters. The Morgan fingerprint density at radius 1 is 1.08 bits per heavy atom. The molecular weight excluding hydrogens is 319 g/mol. The summed E-state index contributed by atoms with van der Waals surface area (Å²) >= 11 is 0. The highest BCUT2D eigenvalue weighted by atomic mass is 19.1. The van der Waals surface area contributed by atoms with Gasteiger partial charge in [0.25, 0.3) is 5.91 Å². The molecule has 1 fully saturated rings. The molecule has 0 bridgehead atoms. The van der Waals surface area contributed by atoms with E-state index in [9.17, 15) is 14.0 Å². The van der Waals surface area contributed by atoms with E-state index in [2.05, 4.69) is 5.32 Å². The SMILES string of the molecule is O=C(NCC(=O)N1CCC[C@@H]1Cc1ccc(F)cc1)c1ccccc1. The molecular formula is C20H21FN2O2. The first kappa shape index (κ1) is 17.1. The molecule has 2 amide bonds. The van der Waals surface area contributed by atoms with Crippen molar-refractivity contribution in [3.05, 3.63) is 71.5 Å². The van der Waals surface area contributed by atoms with Crippen LogP contribution >= 0.6 is 0 Å². The summed E-state index contributed by atoms with van der Waals surface area (Å²) < 4.78 is 13.0. The number of carbonyl (C=O) groups excluding carboxylic acids is 2. The molecule has 2 aromatic carbocycles. The molecule has 1 atom stereocenters. The van der Waals surface area contributed by atoms with E-state index in [1.54, 1.807) is 36.4 Å². The minimum atomic E-state index is -0.258. The Morgan fingerprint density at radius 2 is 1.80 bits per heavy atom. The number of rotatable bonds is 5. The zero-order valence-electron chi connectivity index (χ0n) is 14.0. The highest BCUT2D eigenvalue weighted by Gasteiger charge is 2.28. The van der Waals surface area contributed by atoms with Gasteiger partial charge >= 0.3 is 0 Å². The van der Waals surface area contributed by atoms with Gasteiger partial charge in [0.05, 0.1) is 6.54 Å². The van der Waals surface area contributed by atoms with Crippen LogP contribution < -0.4 is 5.32 Å². The summed E-state index contributed by atoms with van der Waals surface area (Å²) in [6.45, 7) is 0.694. The van der Waals surface area contributed by atoms with Crippen molar-refractivity contribution in [1.82, 2.24) is 10.2 Å². The van der Waals surface area contributed by atoms with Crippen LogP contribution in [0.5, 0.6) is 0 Å². The van der Waals surface area contributed by atoms with Crippen LogP contribution in [-0.4, -0.2) is 35.8 Å². The first-order valence-electron chi connectivity index (χ1n) is 8.50. The molecule has 1 N–H and O–H groups in total. The highest BCUT2D eigenvalue weighted by Crippen LogP contribution is 2.21. The average Bonchev–Trinajstić information content (AvgIpc) is 3.10. The van der Waals surface area contributed by atoms with Gasteiger partial charge in [-0.3, -0.25) is 9.59 Å². The zero-order valence-corrected chi connectivity index (χ0v) is 14.0. The second-order valence-corrected chi connectivity index (χ2v) is 6.26. The molecule has 25 heavy (non-hydrogen) atoms. The third-order valence-corrected chi connectivity index (χ3v) is 4.52. The van der Waals surface area contributed by atoms with Crippen LogP contribution in [0.1, 0.15) is 28.8 Å². The molecule has 130 valence electrons. The fourth-order valence-corrected chi connectivity index (χ4v) is 3.22. The maximum atomic E-state index is 13.0. The van der Waals surface area contributed by atoms with Gasteiger partial charge in [0.15, 0.2) is 0 Å². The normalized spacial score (nSPS) is 16.7. The molecule has 3 rings (SSSR count). The second-order valence-electron chi connectivity index (χ2n) is 6.26. The van der Waals surface area contributed by atoms with Crippen LogP contribution in [0, 0.1) is 5.82 Å². The van der Waals surface area contributed by atoms with Crippen molar-refractivity contribution < 1.29 is 14.0 Å². The van der Waals surface area contributed by atoms with Gasteiger partial charge in [0, 0.05) is 18.2 Å². The molecule has 0 aliphatic carbocycles. The molecule has 0 aromatic heterocycles. The Hall–Kier alpha value is -2.69. The number of halogens is 1. The number of likely N-dealkylation sites (tertiary alicyclic amines) is 1. The highest BCUT2D eigenvalue weighted by molar-refractivity contribution is 5.96. The Bertz CT molecular complexity index is 731. The van der Waals surface area contributed by atoms with E-state index in [0.29, 0.717) is 18.5 Å². The predicted octanol–water partition coefficient (Wildman–Crippen LogP) is 2.79. The smallest absolute Gasteiger partial charge is 0.251 e. The summed E-state index contributed by atoms with van der Waals surface area (Å²) in [6, 6.07) is 15.3. The van der Waals surface area contributed by atoms with E-state index < -0.39 is 0 Å². The van der Waals surface area contributed by atoms with E-state index in [-0.39, 0.29) is 30.2 Å². The molecule has 1 saturated heterocycles. The Kier molecular flexibility index (Phi) is 5.43. The van der Waals surface area contributed by atoms with E-state index in [4.69, 9.17) is 0 Å². The number of nitrogens with zero attached hydrogens (tertiary/aromatic N) is 1. The molecule has 1 heterocycles. The lowest BCUT2D eigenvalue weighted by Gasteiger charge is -2.25. The van der Waals surface area contributed by atoms with Crippen LogP contribution in [0.2, 0.25) is 0 Å². The molecule has 4 nitrogen and oxygen atoms in total. The third-order valence-electron chi connectivity index (χ3n) is 4.52. The number of hydrogen-bond donors (Lipinski definition) is 1. The van der Waals surface area contributed by atoms with Gasteiger partial charge in [-0.1, -0.05) is 30.3 Å². The number of hydrogen-bond acceptors (Lipinski definition) is 2. The molecule has 2 aromatic rings. The standard InChI is InChI=1S/C20H21FN2O2/c21-17-10-8-15(9-11-17)13-18-7-4-12-23(18)19(24)14-22-20(25)16-5-2-1-3-6-16/h1-3,5-6,8-11,18H,4,7,12-14H2,(H,22,25)/t18-/m1/s1. The van der Waals surface area contributed by atoms with E-state index in [1.807, 2.05) is 11.0 Å². The molecule has 0 saturated carbocycles. The van der Waals surface area contributed by atoms with Crippen LogP contribution in [-0.2, 0) is 11.2 Å². The summed E-state index contributed by atoms with van der Waals surface area (Å²) in [6.07, 6.45) is 2.58. The molecule has 1 aliphatic heterocycles. The van der Waals surface area contributed by atoms with Gasteiger partial charge in [0.2, 0.25) is 5.91 Å². The lowest BCUT2D eigenvalue weighted by Crippen LogP contribution is -2.43. The minimum Gasteiger partial charge on any atom is -0.343 e. The van der Waals surface area contributed by atoms with Gasteiger partial charge in [-0.2, -0.15) is 0 Å². The summed E-state index contributed by atoms with van der Waals surface area (Å²) in [5, 5.41) is 2.69.